The van der Waals surface area contributed by atoms with Crippen LogP contribution in [-0.4, -0.2) is 48.5 Å². The van der Waals surface area contributed by atoms with E-state index in [1.165, 1.54) is 0 Å². The van der Waals surface area contributed by atoms with Crippen LogP contribution >= 0.6 is 31.9 Å². The number of nitrogens with zero attached hydrogens (tertiary/aromatic N) is 2. The lowest BCUT2D eigenvalue weighted by atomic mass is 10.1. The minimum Gasteiger partial charge on any atom is -0.491 e. The van der Waals surface area contributed by atoms with Crippen LogP contribution in [0.15, 0.2) is 31.2 Å². The maximum atomic E-state index is 12.3. The molecule has 0 saturated heterocycles. The molecular formula is C18H28Br2N6O3. The molecule has 0 aromatic heterocycles. The number of ether oxygens (including phenoxy) is 1. The topological polar surface area (TPSA) is 161 Å². The zero-order valence-electron chi connectivity index (χ0n) is 16.3. The molecule has 8 N–H and O–H groups in total. The van der Waals surface area contributed by atoms with Gasteiger partial charge >= 0.3 is 0 Å². The predicted octanol–water partition coefficient (Wildman–Crippen LogP) is 1.87. The highest BCUT2D eigenvalue weighted by molar-refractivity contribution is 9.11. The van der Waals surface area contributed by atoms with E-state index in [2.05, 4.69) is 47.3 Å². The average molecular weight is 536 g/mol. The zero-order valence-corrected chi connectivity index (χ0v) is 19.5. The van der Waals surface area contributed by atoms with E-state index in [-0.39, 0.29) is 24.1 Å². The summed E-state index contributed by atoms with van der Waals surface area (Å²) in [6.07, 6.45) is 2.31. The smallest absolute Gasteiger partial charge is 0.269 e. The van der Waals surface area contributed by atoms with Crippen molar-refractivity contribution < 1.29 is 14.7 Å². The van der Waals surface area contributed by atoms with Crippen molar-refractivity contribution in [3.8, 4) is 5.75 Å². The van der Waals surface area contributed by atoms with Crippen molar-refractivity contribution in [2.45, 2.75) is 38.6 Å². The SMILES string of the molecule is CC(CCCNC(=O)/C(Cc1cc(Br)c(OCCCN)c(Br)c1)=N/O)N=C(N)N. The van der Waals surface area contributed by atoms with Gasteiger partial charge in [-0.3, -0.25) is 9.79 Å². The summed E-state index contributed by atoms with van der Waals surface area (Å²) in [6.45, 7) is 3.36. The molecule has 0 fully saturated rings. The molecular weight excluding hydrogens is 508 g/mol. The van der Waals surface area contributed by atoms with Gasteiger partial charge in [-0.05, 0) is 82.3 Å². The van der Waals surface area contributed by atoms with Crippen molar-refractivity contribution >= 4 is 49.4 Å². The van der Waals surface area contributed by atoms with Crippen LogP contribution in [0.4, 0.5) is 0 Å². The van der Waals surface area contributed by atoms with E-state index >= 15 is 0 Å². The molecule has 1 unspecified atom stereocenters. The Kier molecular flexibility index (Phi) is 11.6. The minimum atomic E-state index is -0.433. The highest BCUT2D eigenvalue weighted by Gasteiger charge is 2.16. The van der Waals surface area contributed by atoms with Gasteiger partial charge in [-0.15, -0.1) is 0 Å². The highest BCUT2D eigenvalue weighted by Crippen LogP contribution is 2.35. The summed E-state index contributed by atoms with van der Waals surface area (Å²) in [4.78, 5) is 16.3. The Bertz CT molecular complexity index is 715. The van der Waals surface area contributed by atoms with Gasteiger partial charge in [0.15, 0.2) is 5.96 Å². The number of nitrogens with two attached hydrogens (primary N) is 3. The van der Waals surface area contributed by atoms with E-state index in [4.69, 9.17) is 21.9 Å². The molecule has 0 saturated carbocycles. The van der Waals surface area contributed by atoms with Crippen molar-refractivity contribution in [2.75, 3.05) is 19.7 Å². The predicted molar refractivity (Wildman–Crippen MR) is 121 cm³/mol. The first kappa shape index (κ1) is 25.2. The van der Waals surface area contributed by atoms with Crippen LogP contribution in [0.2, 0.25) is 0 Å². The van der Waals surface area contributed by atoms with Crippen LogP contribution in [0.1, 0.15) is 31.7 Å². The third-order valence-corrected chi connectivity index (χ3v) is 5.04. The molecule has 29 heavy (non-hydrogen) atoms. The van der Waals surface area contributed by atoms with Gasteiger partial charge in [0.2, 0.25) is 0 Å². The summed E-state index contributed by atoms with van der Waals surface area (Å²) in [5, 5.41) is 15.1. The van der Waals surface area contributed by atoms with Crippen molar-refractivity contribution in [3.05, 3.63) is 26.6 Å². The van der Waals surface area contributed by atoms with Crippen molar-refractivity contribution in [1.82, 2.24) is 5.32 Å². The summed E-state index contributed by atoms with van der Waals surface area (Å²) in [7, 11) is 0. The molecule has 0 heterocycles. The number of nitrogens with one attached hydrogen (secondary N) is 1. The fourth-order valence-corrected chi connectivity index (χ4v) is 3.99. The lowest BCUT2D eigenvalue weighted by Gasteiger charge is -2.13. The van der Waals surface area contributed by atoms with Gasteiger partial charge in [0.05, 0.1) is 21.6 Å². The minimum absolute atomic E-state index is 0.0119. The third-order valence-electron chi connectivity index (χ3n) is 3.86. The van der Waals surface area contributed by atoms with Gasteiger partial charge in [-0.25, -0.2) is 0 Å². The maximum absolute atomic E-state index is 12.3. The molecule has 1 atom stereocenters. The lowest BCUT2D eigenvalue weighted by molar-refractivity contribution is -0.115. The summed E-state index contributed by atoms with van der Waals surface area (Å²) in [5.74, 6) is 0.269. The van der Waals surface area contributed by atoms with E-state index in [0.29, 0.717) is 31.9 Å². The van der Waals surface area contributed by atoms with Crippen molar-refractivity contribution in [2.24, 2.45) is 27.3 Å². The van der Waals surface area contributed by atoms with E-state index in [0.717, 1.165) is 27.4 Å². The normalized spacial score (nSPS) is 12.3. The number of halogens is 2. The second-order valence-corrected chi connectivity index (χ2v) is 8.11. The van der Waals surface area contributed by atoms with Crippen LogP contribution < -0.4 is 27.3 Å². The molecule has 1 aromatic rings. The average Bonchev–Trinajstić information content (AvgIpc) is 2.64. The quantitative estimate of drug-likeness (QED) is 0.0901. The summed E-state index contributed by atoms with van der Waals surface area (Å²) >= 11 is 6.93. The first-order valence-electron chi connectivity index (χ1n) is 9.17. The standard InChI is InChI=1S/C18H28Br2N6O3/c1-11(25-18(22)23)4-2-6-24-17(27)15(26-28)10-12-8-13(19)16(14(20)9-12)29-7-3-5-21/h8-9,11,28H,2-7,10,21H2,1H3,(H,24,27)(H4,22,23,25)/b26-15+. The van der Waals surface area contributed by atoms with Gasteiger partial charge in [-0.1, -0.05) is 5.16 Å². The van der Waals surface area contributed by atoms with Gasteiger partial charge in [0.1, 0.15) is 11.5 Å². The fourth-order valence-electron chi connectivity index (χ4n) is 2.48. The largest absolute Gasteiger partial charge is 0.491 e. The van der Waals surface area contributed by atoms with Gasteiger partial charge in [-0.2, -0.15) is 0 Å². The molecule has 162 valence electrons. The van der Waals surface area contributed by atoms with Gasteiger partial charge in [0, 0.05) is 13.0 Å². The first-order chi connectivity index (χ1) is 13.8. The molecule has 0 bridgehead atoms. The van der Waals surface area contributed by atoms with Crippen LogP contribution in [0.25, 0.3) is 0 Å². The van der Waals surface area contributed by atoms with Crippen molar-refractivity contribution in [3.63, 3.8) is 0 Å². The highest BCUT2D eigenvalue weighted by atomic mass is 79.9. The number of carbonyl (C=O) groups is 1. The Balaban J connectivity index is 2.61. The molecule has 1 aromatic carbocycles. The number of rotatable bonds is 12. The van der Waals surface area contributed by atoms with Crippen LogP contribution in [0.5, 0.6) is 5.75 Å². The summed E-state index contributed by atoms with van der Waals surface area (Å²) in [6, 6.07) is 3.61. The van der Waals surface area contributed by atoms with Crippen molar-refractivity contribution in [1.29, 1.82) is 0 Å². The molecule has 11 heteroatoms. The third kappa shape index (κ3) is 9.46. The summed E-state index contributed by atoms with van der Waals surface area (Å²) < 4.78 is 7.15. The molecule has 0 radical (unpaired) electrons. The second kappa shape index (κ2) is 13.4. The molecule has 0 aliphatic rings. The first-order valence-corrected chi connectivity index (χ1v) is 10.8. The lowest BCUT2D eigenvalue weighted by Crippen LogP contribution is -2.33. The number of benzene rings is 1. The maximum Gasteiger partial charge on any atom is 0.269 e. The van der Waals surface area contributed by atoms with Gasteiger partial charge in [0.25, 0.3) is 5.91 Å². The monoisotopic (exact) mass is 534 g/mol. The molecule has 9 nitrogen and oxygen atoms in total. The van der Waals surface area contributed by atoms with E-state index < -0.39 is 5.91 Å². The number of hydrogen-bond donors (Lipinski definition) is 5. The molecule has 1 rings (SSSR count). The fraction of sp³-hybridized carbons (Fsp3) is 0.500. The van der Waals surface area contributed by atoms with E-state index in [9.17, 15) is 10.0 Å². The Morgan fingerprint density at radius 3 is 2.48 bits per heavy atom. The number of aliphatic imine (C=N–C) groups is 1. The van der Waals surface area contributed by atoms with E-state index in [1.54, 1.807) is 0 Å². The zero-order chi connectivity index (χ0) is 21.8. The molecule has 1 amide bonds. The van der Waals surface area contributed by atoms with E-state index in [1.807, 2.05) is 19.1 Å². The van der Waals surface area contributed by atoms with Gasteiger partial charge < -0.3 is 32.5 Å². The second-order valence-electron chi connectivity index (χ2n) is 6.40. The number of guanidine groups is 1. The van der Waals surface area contributed by atoms with Crippen LogP contribution in [-0.2, 0) is 11.2 Å². The Morgan fingerprint density at radius 2 is 1.93 bits per heavy atom. The van der Waals surface area contributed by atoms with Crippen LogP contribution in [0.3, 0.4) is 0 Å². The summed E-state index contributed by atoms with van der Waals surface area (Å²) in [5.41, 5.74) is 16.9. The Labute approximate surface area is 187 Å². The Hall–Kier alpha value is -1.85. The molecule has 0 spiro atoms. The Morgan fingerprint density at radius 1 is 1.28 bits per heavy atom. The van der Waals surface area contributed by atoms with Crippen LogP contribution in [0, 0.1) is 0 Å². The number of amides is 1. The number of hydrogen-bond acceptors (Lipinski definition) is 6. The molecule has 0 aliphatic carbocycles. The number of carbonyl (C=O) groups excluding carboxylic acids is 1. The number of oxime groups is 1. The molecule has 0 aliphatic heterocycles.